The first-order valence-corrected chi connectivity index (χ1v) is 12.7. The Balaban J connectivity index is 0.000000160. The number of rotatable bonds is 1. The molecule has 4 N–H and O–H groups in total. The molecule has 1 aromatic heterocycles. The van der Waals surface area contributed by atoms with Crippen molar-refractivity contribution in [1.29, 1.82) is 0 Å². The van der Waals surface area contributed by atoms with Crippen LogP contribution in [0.15, 0.2) is 69.4 Å². The van der Waals surface area contributed by atoms with Gasteiger partial charge in [0.25, 0.3) is 0 Å². The van der Waals surface area contributed by atoms with Crippen molar-refractivity contribution in [3.8, 4) is 34.3 Å². The number of ether oxygens (including phenoxy) is 2. The number of aromatic hydroxyl groups is 4. The molecule has 2 saturated heterocycles. The van der Waals surface area contributed by atoms with Crippen LogP contribution in [0.5, 0.6) is 23.0 Å². The molecule has 39 heavy (non-hydrogen) atoms. The number of hydrogen-bond donors (Lipinski definition) is 4. The van der Waals surface area contributed by atoms with Gasteiger partial charge in [-0.1, -0.05) is 18.2 Å². The van der Waals surface area contributed by atoms with E-state index in [9.17, 15) is 30.0 Å². The monoisotopic (exact) mass is 534 g/mol. The summed E-state index contributed by atoms with van der Waals surface area (Å²) in [6.45, 7) is 8.17. The van der Waals surface area contributed by atoms with Gasteiger partial charge in [0, 0.05) is 23.1 Å². The first-order valence-electron chi connectivity index (χ1n) is 12.7. The third-order valence-corrected chi connectivity index (χ3v) is 7.66. The van der Waals surface area contributed by atoms with Gasteiger partial charge in [0.2, 0.25) is 11.2 Å². The molecule has 0 spiro atoms. The van der Waals surface area contributed by atoms with Gasteiger partial charge in [-0.15, -0.1) is 0 Å². The summed E-state index contributed by atoms with van der Waals surface area (Å²) in [6, 6.07) is 7.64. The molecular weight excluding hydrogens is 504 g/mol. The maximum atomic E-state index is 12.1. The number of phenols is 3. The zero-order valence-electron chi connectivity index (χ0n) is 21.6. The lowest BCUT2D eigenvalue weighted by Gasteiger charge is -2.19. The summed E-state index contributed by atoms with van der Waals surface area (Å²) in [5, 5.41) is 38.3. The Labute approximate surface area is 224 Å². The van der Waals surface area contributed by atoms with Gasteiger partial charge < -0.3 is 34.3 Å². The SMILES string of the molecule is C=C1C(=O)OC2C1CCC(C)=CCCC1(C)OC21.O=c1c(O)c(-c2ccc(O)c(O)c2)oc2cc(O)ccc12. The van der Waals surface area contributed by atoms with Crippen LogP contribution < -0.4 is 5.43 Å². The summed E-state index contributed by atoms with van der Waals surface area (Å²) in [7, 11) is 0. The third-order valence-electron chi connectivity index (χ3n) is 7.66. The van der Waals surface area contributed by atoms with E-state index in [-0.39, 0.29) is 63.5 Å². The number of fused-ring (bicyclic) bond motifs is 4. The number of carbonyl (C=O) groups excluding carboxylic acids is 1. The standard InChI is InChI=1S/C15H10O6.C15H20O3/c16-8-2-3-9-12(6-8)21-15(14(20)13(9)19)7-1-4-10(17)11(18)5-7;1-9-5-4-8-15(3)13(18-15)12-11(7-6-9)10(2)14(16)17-12/h1-6,16-18,20H;5,11-13H,2,4,6-8H2,1,3H3. The summed E-state index contributed by atoms with van der Waals surface area (Å²) in [6.07, 6.45) is 6.25. The lowest BCUT2D eigenvalue weighted by Crippen LogP contribution is -2.28. The third kappa shape index (κ3) is 4.97. The average molecular weight is 535 g/mol. The fourth-order valence-electron chi connectivity index (χ4n) is 5.24. The van der Waals surface area contributed by atoms with Crippen LogP contribution in [-0.4, -0.2) is 44.2 Å². The highest BCUT2D eigenvalue weighted by molar-refractivity contribution is 5.91. The molecule has 9 nitrogen and oxygen atoms in total. The molecule has 6 rings (SSSR count). The molecule has 204 valence electrons. The Hall–Kier alpha value is -4.24. The number of carbonyl (C=O) groups is 1. The maximum absolute atomic E-state index is 12.1. The van der Waals surface area contributed by atoms with Crippen LogP contribution in [0.4, 0.5) is 0 Å². The van der Waals surface area contributed by atoms with Gasteiger partial charge in [-0.3, -0.25) is 4.79 Å². The van der Waals surface area contributed by atoms with Gasteiger partial charge in [-0.2, -0.15) is 0 Å². The van der Waals surface area contributed by atoms with Gasteiger partial charge >= 0.3 is 5.97 Å². The molecule has 1 aliphatic carbocycles. The molecule has 0 radical (unpaired) electrons. The van der Waals surface area contributed by atoms with E-state index in [2.05, 4.69) is 26.5 Å². The highest BCUT2D eigenvalue weighted by Gasteiger charge is 2.61. The second-order valence-corrected chi connectivity index (χ2v) is 10.5. The Morgan fingerprint density at radius 1 is 1.03 bits per heavy atom. The maximum Gasteiger partial charge on any atom is 0.334 e. The van der Waals surface area contributed by atoms with Crippen molar-refractivity contribution in [2.45, 2.75) is 57.3 Å². The van der Waals surface area contributed by atoms with Gasteiger partial charge in [0.05, 0.1) is 11.0 Å². The van der Waals surface area contributed by atoms with E-state index < -0.39 is 16.9 Å². The summed E-state index contributed by atoms with van der Waals surface area (Å²) in [5.41, 5.74) is 1.57. The Morgan fingerprint density at radius 2 is 1.79 bits per heavy atom. The molecule has 4 unspecified atom stereocenters. The molecule has 0 amide bonds. The van der Waals surface area contributed by atoms with Crippen molar-refractivity contribution >= 4 is 16.9 Å². The molecule has 2 aliphatic heterocycles. The fraction of sp³-hybridized carbons (Fsp3) is 0.333. The molecule has 3 aliphatic rings. The van der Waals surface area contributed by atoms with Crippen LogP contribution in [0.25, 0.3) is 22.3 Å². The predicted molar refractivity (Wildman–Crippen MR) is 143 cm³/mol. The van der Waals surface area contributed by atoms with E-state index in [1.165, 1.54) is 35.9 Å². The number of allylic oxidation sites excluding steroid dienone is 2. The fourth-order valence-corrected chi connectivity index (χ4v) is 5.24. The topological polar surface area (TPSA) is 150 Å². The molecule has 2 aromatic carbocycles. The molecular formula is C30H30O9. The van der Waals surface area contributed by atoms with Crippen LogP contribution in [0.2, 0.25) is 0 Å². The van der Waals surface area contributed by atoms with Crippen LogP contribution in [0.3, 0.4) is 0 Å². The van der Waals surface area contributed by atoms with Crippen LogP contribution in [0.1, 0.15) is 39.5 Å². The Kier molecular flexibility index (Phi) is 6.64. The summed E-state index contributed by atoms with van der Waals surface area (Å²) in [4.78, 5) is 23.8. The van der Waals surface area contributed by atoms with E-state index in [1.54, 1.807) is 0 Å². The molecule has 2 fully saturated rings. The summed E-state index contributed by atoms with van der Waals surface area (Å²) >= 11 is 0. The van der Waals surface area contributed by atoms with Gasteiger partial charge in [0.15, 0.2) is 17.3 Å². The van der Waals surface area contributed by atoms with Gasteiger partial charge in [-0.25, -0.2) is 4.79 Å². The number of phenolic OH excluding ortho intramolecular Hbond substituents is 3. The van der Waals surface area contributed by atoms with Crippen molar-refractivity contribution in [3.05, 3.63) is 70.4 Å². The van der Waals surface area contributed by atoms with E-state index in [0.29, 0.717) is 5.57 Å². The highest BCUT2D eigenvalue weighted by atomic mass is 16.6. The van der Waals surface area contributed by atoms with Crippen molar-refractivity contribution < 1.29 is 39.1 Å². The second kappa shape index (κ2) is 9.81. The minimum atomic E-state index is -0.654. The van der Waals surface area contributed by atoms with Crippen LogP contribution in [-0.2, 0) is 14.3 Å². The zero-order valence-corrected chi connectivity index (χ0v) is 21.6. The smallest absolute Gasteiger partial charge is 0.334 e. The molecule has 3 aromatic rings. The summed E-state index contributed by atoms with van der Waals surface area (Å²) < 4.78 is 16.7. The predicted octanol–water partition coefficient (Wildman–Crippen LogP) is 5.04. The first kappa shape index (κ1) is 26.4. The van der Waals surface area contributed by atoms with Gasteiger partial charge in [0.1, 0.15) is 23.5 Å². The van der Waals surface area contributed by atoms with Crippen molar-refractivity contribution in [3.63, 3.8) is 0 Å². The number of epoxide rings is 1. The first-order chi connectivity index (χ1) is 18.5. The summed E-state index contributed by atoms with van der Waals surface area (Å²) in [5.74, 6) is -1.71. The van der Waals surface area contributed by atoms with Gasteiger partial charge in [-0.05, 0) is 69.9 Å². The normalized spacial score (nSPS) is 26.0. The minimum Gasteiger partial charge on any atom is -0.508 e. The second-order valence-electron chi connectivity index (χ2n) is 10.5. The van der Waals surface area contributed by atoms with E-state index >= 15 is 0 Å². The molecule has 4 atom stereocenters. The molecule has 0 saturated carbocycles. The highest BCUT2D eigenvalue weighted by Crippen LogP contribution is 2.49. The average Bonchev–Trinajstić information content (AvgIpc) is 3.48. The number of benzene rings is 2. The van der Waals surface area contributed by atoms with Crippen molar-refractivity contribution in [2.24, 2.45) is 5.92 Å². The minimum absolute atomic E-state index is 0.0671. The zero-order chi connectivity index (χ0) is 28.1. The lowest BCUT2D eigenvalue weighted by atomic mass is 9.84. The van der Waals surface area contributed by atoms with E-state index in [1.807, 2.05) is 0 Å². The molecule has 9 heteroatoms. The number of hydrogen-bond acceptors (Lipinski definition) is 9. The molecule has 3 heterocycles. The largest absolute Gasteiger partial charge is 0.508 e. The lowest BCUT2D eigenvalue weighted by molar-refractivity contribution is -0.140. The van der Waals surface area contributed by atoms with Crippen LogP contribution in [0, 0.1) is 5.92 Å². The number of esters is 1. The van der Waals surface area contributed by atoms with E-state index in [4.69, 9.17) is 13.9 Å². The Bertz CT molecular complexity index is 1570. The van der Waals surface area contributed by atoms with Crippen molar-refractivity contribution in [1.82, 2.24) is 0 Å². The van der Waals surface area contributed by atoms with E-state index in [0.717, 1.165) is 31.7 Å². The Morgan fingerprint density at radius 3 is 2.54 bits per heavy atom. The molecule has 0 bridgehead atoms. The quantitative estimate of drug-likeness (QED) is 0.111. The van der Waals surface area contributed by atoms with Crippen molar-refractivity contribution in [2.75, 3.05) is 0 Å². The van der Waals surface area contributed by atoms with Crippen LogP contribution >= 0.6 is 0 Å².